The van der Waals surface area contributed by atoms with Crippen molar-refractivity contribution in [1.82, 2.24) is 10.2 Å². The number of rotatable bonds is 9. The first-order valence-corrected chi connectivity index (χ1v) is 8.56. The van der Waals surface area contributed by atoms with Crippen LogP contribution in [0.3, 0.4) is 0 Å². The fourth-order valence-electron chi connectivity index (χ4n) is 2.48. The lowest BCUT2D eigenvalue weighted by Crippen LogP contribution is -2.41. The van der Waals surface area contributed by atoms with Gasteiger partial charge in [0, 0.05) is 32.3 Å². The van der Waals surface area contributed by atoms with Crippen molar-refractivity contribution in [3.8, 4) is 11.5 Å². The predicted octanol–water partition coefficient (Wildman–Crippen LogP) is 2.15. The summed E-state index contributed by atoms with van der Waals surface area (Å²) in [5, 5.41) is 2.81. The Morgan fingerprint density at radius 3 is 2.81 bits per heavy atom. The molecule has 0 atom stereocenters. The van der Waals surface area contributed by atoms with Gasteiger partial charge in [0.25, 0.3) is 0 Å². The van der Waals surface area contributed by atoms with E-state index in [1.54, 1.807) is 25.1 Å². The maximum absolute atomic E-state index is 12.4. The summed E-state index contributed by atoms with van der Waals surface area (Å²) in [7, 11) is 0. The number of carbonyl (C=O) groups excluding carboxylic acids is 1. The summed E-state index contributed by atoms with van der Waals surface area (Å²) < 4.78 is 39.8. The van der Waals surface area contributed by atoms with Crippen molar-refractivity contribution in [2.75, 3.05) is 46.0 Å². The molecule has 6 nitrogen and oxygen atoms in total. The SMILES string of the molecule is CCOc1cc(/C=C/C(=O)NCCN2CCOCC2)ccc1OC(F)F. The predicted molar refractivity (Wildman–Crippen MR) is 93.5 cm³/mol. The molecule has 0 aromatic heterocycles. The van der Waals surface area contributed by atoms with Crippen LogP contribution in [0.5, 0.6) is 11.5 Å². The van der Waals surface area contributed by atoms with Gasteiger partial charge in [-0.1, -0.05) is 6.07 Å². The standard InChI is InChI=1S/C18H24F2N2O4/c1-2-25-16-13-14(3-5-15(16)26-18(19)20)4-6-17(23)21-7-8-22-9-11-24-12-10-22/h3-6,13,18H,2,7-12H2,1H3,(H,21,23)/b6-4+. The number of benzene rings is 1. The minimum Gasteiger partial charge on any atom is -0.490 e. The van der Waals surface area contributed by atoms with Crippen molar-refractivity contribution in [3.63, 3.8) is 0 Å². The summed E-state index contributed by atoms with van der Waals surface area (Å²) in [6, 6.07) is 4.53. The Morgan fingerprint density at radius 1 is 1.35 bits per heavy atom. The normalized spacial score (nSPS) is 15.4. The monoisotopic (exact) mass is 370 g/mol. The van der Waals surface area contributed by atoms with E-state index in [0.717, 1.165) is 32.8 Å². The number of nitrogens with zero attached hydrogens (tertiary/aromatic N) is 1. The molecule has 1 heterocycles. The maximum atomic E-state index is 12.4. The summed E-state index contributed by atoms with van der Waals surface area (Å²) in [5.74, 6) is -0.0410. The summed E-state index contributed by atoms with van der Waals surface area (Å²) in [6.45, 7) is 3.66. The van der Waals surface area contributed by atoms with E-state index in [2.05, 4.69) is 15.0 Å². The first-order valence-electron chi connectivity index (χ1n) is 8.56. The number of nitrogens with one attached hydrogen (secondary N) is 1. The zero-order valence-corrected chi connectivity index (χ0v) is 14.7. The van der Waals surface area contributed by atoms with Gasteiger partial charge in [0.2, 0.25) is 5.91 Å². The van der Waals surface area contributed by atoms with E-state index in [1.807, 2.05) is 0 Å². The molecule has 26 heavy (non-hydrogen) atoms. The Morgan fingerprint density at radius 2 is 2.12 bits per heavy atom. The second-order valence-electron chi connectivity index (χ2n) is 5.60. The van der Waals surface area contributed by atoms with Gasteiger partial charge in [0.05, 0.1) is 19.8 Å². The van der Waals surface area contributed by atoms with Gasteiger partial charge >= 0.3 is 6.61 Å². The van der Waals surface area contributed by atoms with Crippen LogP contribution in [0, 0.1) is 0 Å². The van der Waals surface area contributed by atoms with Crippen LogP contribution in [0.4, 0.5) is 8.78 Å². The van der Waals surface area contributed by atoms with Gasteiger partial charge in [0.15, 0.2) is 11.5 Å². The number of hydrogen-bond donors (Lipinski definition) is 1. The van der Waals surface area contributed by atoms with E-state index in [9.17, 15) is 13.6 Å². The van der Waals surface area contributed by atoms with E-state index in [0.29, 0.717) is 18.7 Å². The van der Waals surface area contributed by atoms with Crippen LogP contribution in [-0.2, 0) is 9.53 Å². The number of alkyl halides is 2. The second kappa shape index (κ2) is 10.7. The maximum Gasteiger partial charge on any atom is 0.387 e. The lowest BCUT2D eigenvalue weighted by Gasteiger charge is -2.26. The molecule has 0 saturated carbocycles. The third-order valence-electron chi connectivity index (χ3n) is 3.74. The van der Waals surface area contributed by atoms with E-state index in [4.69, 9.17) is 9.47 Å². The van der Waals surface area contributed by atoms with Crippen molar-refractivity contribution < 1.29 is 27.8 Å². The van der Waals surface area contributed by atoms with Gasteiger partial charge in [-0.2, -0.15) is 8.78 Å². The largest absolute Gasteiger partial charge is 0.490 e. The molecule has 1 aliphatic heterocycles. The van der Waals surface area contributed by atoms with E-state index in [1.165, 1.54) is 12.1 Å². The van der Waals surface area contributed by atoms with Crippen LogP contribution in [0.1, 0.15) is 12.5 Å². The van der Waals surface area contributed by atoms with Crippen molar-refractivity contribution >= 4 is 12.0 Å². The highest BCUT2D eigenvalue weighted by molar-refractivity contribution is 5.91. The minimum absolute atomic E-state index is 0.0334. The molecule has 2 rings (SSSR count). The molecule has 0 radical (unpaired) electrons. The fourth-order valence-corrected chi connectivity index (χ4v) is 2.48. The molecule has 0 bridgehead atoms. The highest BCUT2D eigenvalue weighted by atomic mass is 19.3. The highest BCUT2D eigenvalue weighted by Gasteiger charge is 2.11. The van der Waals surface area contributed by atoms with Crippen LogP contribution in [-0.4, -0.2) is 63.4 Å². The number of morpholine rings is 1. The van der Waals surface area contributed by atoms with Gasteiger partial charge in [-0.15, -0.1) is 0 Å². The summed E-state index contributed by atoms with van der Waals surface area (Å²) in [4.78, 5) is 14.1. The zero-order valence-electron chi connectivity index (χ0n) is 14.7. The van der Waals surface area contributed by atoms with E-state index >= 15 is 0 Å². The van der Waals surface area contributed by atoms with Crippen molar-refractivity contribution in [1.29, 1.82) is 0 Å². The lowest BCUT2D eigenvalue weighted by molar-refractivity contribution is -0.116. The summed E-state index contributed by atoms with van der Waals surface area (Å²) >= 11 is 0. The van der Waals surface area contributed by atoms with Crippen LogP contribution >= 0.6 is 0 Å². The van der Waals surface area contributed by atoms with Crippen LogP contribution in [0.2, 0.25) is 0 Å². The molecule has 8 heteroatoms. The van der Waals surface area contributed by atoms with E-state index in [-0.39, 0.29) is 17.4 Å². The number of carbonyl (C=O) groups is 1. The number of halogens is 2. The topological polar surface area (TPSA) is 60.0 Å². The van der Waals surface area contributed by atoms with Crippen molar-refractivity contribution in [2.24, 2.45) is 0 Å². The minimum atomic E-state index is -2.92. The Bertz CT molecular complexity index is 605. The summed E-state index contributed by atoms with van der Waals surface area (Å²) in [6.07, 6.45) is 3.00. The molecule has 1 aromatic rings. The van der Waals surface area contributed by atoms with Crippen LogP contribution in [0.25, 0.3) is 6.08 Å². The average Bonchev–Trinajstić information content (AvgIpc) is 2.62. The molecule has 1 N–H and O–H groups in total. The Balaban J connectivity index is 1.85. The van der Waals surface area contributed by atoms with Crippen molar-refractivity contribution in [3.05, 3.63) is 29.8 Å². The molecule has 1 aromatic carbocycles. The molecule has 0 aliphatic carbocycles. The average molecular weight is 370 g/mol. The number of ether oxygens (including phenoxy) is 3. The Hall–Kier alpha value is -2.19. The molecule has 1 fully saturated rings. The van der Waals surface area contributed by atoms with Gasteiger partial charge in [0.1, 0.15) is 0 Å². The van der Waals surface area contributed by atoms with Gasteiger partial charge in [-0.3, -0.25) is 9.69 Å². The molecule has 144 valence electrons. The second-order valence-corrected chi connectivity index (χ2v) is 5.60. The van der Waals surface area contributed by atoms with E-state index < -0.39 is 6.61 Å². The third kappa shape index (κ3) is 6.97. The Labute approximate surface area is 151 Å². The molecule has 0 unspecified atom stereocenters. The van der Waals surface area contributed by atoms with Crippen molar-refractivity contribution in [2.45, 2.75) is 13.5 Å². The molecule has 1 aliphatic rings. The quantitative estimate of drug-likeness (QED) is 0.675. The molecular weight excluding hydrogens is 346 g/mol. The van der Waals surface area contributed by atoms with Gasteiger partial charge in [-0.25, -0.2) is 0 Å². The zero-order chi connectivity index (χ0) is 18.8. The molecule has 1 amide bonds. The number of amides is 1. The lowest BCUT2D eigenvalue weighted by atomic mass is 10.2. The van der Waals surface area contributed by atoms with Gasteiger partial charge in [-0.05, 0) is 30.7 Å². The molecular formula is C18H24F2N2O4. The smallest absolute Gasteiger partial charge is 0.387 e. The highest BCUT2D eigenvalue weighted by Crippen LogP contribution is 2.30. The third-order valence-corrected chi connectivity index (χ3v) is 3.74. The first kappa shape index (κ1) is 20.1. The van der Waals surface area contributed by atoms with Gasteiger partial charge < -0.3 is 19.5 Å². The fraction of sp³-hybridized carbons (Fsp3) is 0.500. The van der Waals surface area contributed by atoms with Crippen LogP contribution in [0.15, 0.2) is 24.3 Å². The number of hydrogen-bond acceptors (Lipinski definition) is 5. The first-order chi connectivity index (χ1) is 12.6. The van der Waals surface area contributed by atoms with Crippen LogP contribution < -0.4 is 14.8 Å². The Kier molecular flexibility index (Phi) is 8.30. The molecule has 0 spiro atoms. The molecule has 1 saturated heterocycles. The summed E-state index contributed by atoms with van der Waals surface area (Å²) in [5.41, 5.74) is 0.651.